The average molecular weight is 231 g/mol. The van der Waals surface area contributed by atoms with Gasteiger partial charge in [0.05, 0.1) is 0 Å². The molecule has 0 heterocycles. The summed E-state index contributed by atoms with van der Waals surface area (Å²) in [6.45, 7) is 0. The molecule has 0 atom stereocenters. The van der Waals surface area contributed by atoms with Crippen molar-refractivity contribution < 1.29 is 125 Å². The zero-order chi connectivity index (χ0) is 4.50. The molecular formula is H3Cl2KNaO4P. The first-order chi connectivity index (χ1) is 2.00. The van der Waals surface area contributed by atoms with Crippen LogP contribution in [0, 0.1) is 0 Å². The minimum Gasteiger partial charge on any atom is -1.00 e. The van der Waals surface area contributed by atoms with E-state index in [1.54, 1.807) is 0 Å². The molecule has 0 fully saturated rings. The molecule has 0 radical (unpaired) electrons. The molecule has 0 unspecified atom stereocenters. The summed E-state index contributed by atoms with van der Waals surface area (Å²) in [6, 6.07) is 0. The van der Waals surface area contributed by atoms with Gasteiger partial charge in [-0.25, -0.2) is 4.57 Å². The summed E-state index contributed by atoms with van der Waals surface area (Å²) in [5, 5.41) is 0. The fourth-order valence-corrected chi connectivity index (χ4v) is 0. The van der Waals surface area contributed by atoms with Crippen LogP contribution in [0.1, 0.15) is 0 Å². The Hall–Kier alpha value is 3.33. The Bertz CT molecular complexity index is 64.7. The zero-order valence-electron chi connectivity index (χ0n) is 4.95. The summed E-state index contributed by atoms with van der Waals surface area (Å²) in [6.07, 6.45) is 0. The Balaban J connectivity index is -0.0000000133. The van der Waals surface area contributed by atoms with Crippen molar-refractivity contribution in [2.75, 3.05) is 0 Å². The van der Waals surface area contributed by atoms with E-state index in [4.69, 9.17) is 19.2 Å². The van der Waals surface area contributed by atoms with E-state index in [2.05, 4.69) is 0 Å². The van der Waals surface area contributed by atoms with Crippen LogP contribution in [-0.2, 0) is 4.57 Å². The molecule has 0 bridgehead atoms. The van der Waals surface area contributed by atoms with Crippen LogP contribution in [0.2, 0.25) is 0 Å². The molecule has 0 aliphatic carbocycles. The first-order valence-electron chi connectivity index (χ1n) is 0.783. The van der Waals surface area contributed by atoms with Gasteiger partial charge in [0.2, 0.25) is 0 Å². The number of hydrogen-bond donors (Lipinski definition) is 3. The molecule has 0 aromatic rings. The van der Waals surface area contributed by atoms with Gasteiger partial charge in [-0.15, -0.1) is 0 Å². The number of rotatable bonds is 0. The first-order valence-corrected chi connectivity index (χ1v) is 2.35. The second-order valence-corrected chi connectivity index (χ2v) is 1.54. The van der Waals surface area contributed by atoms with Crippen molar-refractivity contribution in [1.29, 1.82) is 0 Å². The smallest absolute Gasteiger partial charge is 1.00 e. The van der Waals surface area contributed by atoms with Crippen LogP contribution in [0.15, 0.2) is 0 Å². The van der Waals surface area contributed by atoms with Gasteiger partial charge in [0.15, 0.2) is 0 Å². The third kappa shape index (κ3) is 89.0. The summed E-state index contributed by atoms with van der Waals surface area (Å²) < 4.78 is 8.88. The van der Waals surface area contributed by atoms with Gasteiger partial charge in [0.1, 0.15) is 0 Å². The molecule has 0 rings (SSSR count). The SMILES string of the molecule is O=P(O)(O)O.[Cl-].[Cl-].[K+].[Na+]. The number of hydrogen-bond acceptors (Lipinski definition) is 1. The molecule has 0 aliphatic rings. The third-order valence-electron chi connectivity index (χ3n) is 0. The predicted octanol–water partition coefficient (Wildman–Crippen LogP) is -12.9. The van der Waals surface area contributed by atoms with Crippen molar-refractivity contribution in [3.63, 3.8) is 0 Å². The van der Waals surface area contributed by atoms with Crippen LogP contribution < -0.4 is 106 Å². The second-order valence-electron chi connectivity index (χ2n) is 0.513. The first kappa shape index (κ1) is 29.5. The Morgan fingerprint density at radius 2 is 1.00 bits per heavy atom. The van der Waals surface area contributed by atoms with E-state index in [1.807, 2.05) is 0 Å². The largest absolute Gasteiger partial charge is 1.00 e. The third-order valence-corrected chi connectivity index (χ3v) is 0. The van der Waals surface area contributed by atoms with Crippen molar-refractivity contribution in [2.45, 2.75) is 0 Å². The summed E-state index contributed by atoms with van der Waals surface area (Å²) in [5.41, 5.74) is 0. The van der Waals surface area contributed by atoms with Gasteiger partial charge >= 0.3 is 88.8 Å². The zero-order valence-corrected chi connectivity index (χ0v) is 12.5. The molecule has 0 spiro atoms. The van der Waals surface area contributed by atoms with Crippen LogP contribution in [0.25, 0.3) is 0 Å². The van der Waals surface area contributed by atoms with Gasteiger partial charge in [-0.2, -0.15) is 0 Å². The molecule has 4 nitrogen and oxygen atoms in total. The monoisotopic (exact) mass is 230 g/mol. The van der Waals surface area contributed by atoms with Crippen molar-refractivity contribution in [1.82, 2.24) is 0 Å². The predicted molar refractivity (Wildman–Crippen MR) is 14.3 cm³/mol. The maximum atomic E-state index is 8.88. The second kappa shape index (κ2) is 13.9. The van der Waals surface area contributed by atoms with Crippen LogP contribution in [0.4, 0.5) is 0 Å². The fourth-order valence-electron chi connectivity index (χ4n) is 0. The average Bonchev–Trinajstić information content (AvgIpc) is 0.722. The summed E-state index contributed by atoms with van der Waals surface area (Å²) in [7, 11) is -4.64. The molecule has 48 valence electrons. The Morgan fingerprint density at radius 3 is 1.00 bits per heavy atom. The van der Waals surface area contributed by atoms with Gasteiger partial charge in [0, 0.05) is 0 Å². The maximum absolute atomic E-state index is 8.88. The normalized spacial score (nSPS) is 6.56. The van der Waals surface area contributed by atoms with Gasteiger partial charge in [-0.3, -0.25) is 0 Å². The number of phosphoric acid groups is 1. The Morgan fingerprint density at radius 1 is 1.00 bits per heavy atom. The molecule has 0 saturated carbocycles. The Kier molecular flexibility index (Phi) is 45.5. The molecule has 0 aromatic carbocycles. The van der Waals surface area contributed by atoms with Crippen molar-refractivity contribution in [3.8, 4) is 0 Å². The Labute approximate surface area is 130 Å². The molecular weight excluding hydrogens is 228 g/mol. The van der Waals surface area contributed by atoms with E-state index in [1.165, 1.54) is 0 Å². The van der Waals surface area contributed by atoms with E-state index >= 15 is 0 Å². The molecule has 0 saturated heterocycles. The van der Waals surface area contributed by atoms with Crippen molar-refractivity contribution >= 4 is 7.82 Å². The minimum absolute atomic E-state index is 0. The molecule has 0 amide bonds. The topological polar surface area (TPSA) is 77.8 Å². The van der Waals surface area contributed by atoms with Crippen LogP contribution >= 0.6 is 7.82 Å². The van der Waals surface area contributed by atoms with Crippen LogP contribution in [0.5, 0.6) is 0 Å². The van der Waals surface area contributed by atoms with E-state index in [9.17, 15) is 0 Å². The van der Waals surface area contributed by atoms with Crippen molar-refractivity contribution in [2.24, 2.45) is 0 Å². The van der Waals surface area contributed by atoms with E-state index in [-0.39, 0.29) is 106 Å². The van der Waals surface area contributed by atoms with E-state index < -0.39 is 7.82 Å². The van der Waals surface area contributed by atoms with Gasteiger partial charge in [-0.05, 0) is 0 Å². The van der Waals surface area contributed by atoms with Gasteiger partial charge < -0.3 is 39.5 Å². The molecule has 9 heteroatoms. The van der Waals surface area contributed by atoms with Gasteiger partial charge in [0.25, 0.3) is 0 Å². The summed E-state index contributed by atoms with van der Waals surface area (Å²) in [4.78, 5) is 21.6. The maximum Gasteiger partial charge on any atom is 1.00 e. The quantitative estimate of drug-likeness (QED) is 0.286. The number of halogens is 2. The minimum atomic E-state index is -4.64. The van der Waals surface area contributed by atoms with Crippen molar-refractivity contribution in [3.05, 3.63) is 0 Å². The van der Waals surface area contributed by atoms with Crippen LogP contribution in [-0.4, -0.2) is 14.7 Å². The summed E-state index contributed by atoms with van der Waals surface area (Å²) >= 11 is 0. The van der Waals surface area contributed by atoms with E-state index in [0.717, 1.165) is 0 Å². The molecule has 0 aliphatic heterocycles. The summed E-state index contributed by atoms with van der Waals surface area (Å²) in [5.74, 6) is 0. The molecule has 3 N–H and O–H groups in total. The van der Waals surface area contributed by atoms with E-state index in [0.29, 0.717) is 0 Å². The van der Waals surface area contributed by atoms with Gasteiger partial charge in [-0.1, -0.05) is 0 Å². The standard InChI is InChI=1S/2ClH.K.Na.H3O4P/c;;;;1-5(2,3)4/h2*1H;;;(H3,1,2,3,4)/q;;2*+1;/p-2. The molecule has 0 aromatic heterocycles. The fraction of sp³-hybridized carbons (Fsp3) is 0. The van der Waals surface area contributed by atoms with Crippen LogP contribution in [0.3, 0.4) is 0 Å². The molecule has 9 heavy (non-hydrogen) atoms.